The number of alkyl halides is 3. The van der Waals surface area contributed by atoms with Crippen LogP contribution in [0.25, 0.3) is 0 Å². The predicted octanol–water partition coefficient (Wildman–Crippen LogP) is 3.48. The van der Waals surface area contributed by atoms with E-state index in [1.807, 2.05) is 18.2 Å². The van der Waals surface area contributed by atoms with E-state index in [-0.39, 0.29) is 25.2 Å². The molecular weight excluding hydrogens is 359 g/mol. The summed E-state index contributed by atoms with van der Waals surface area (Å²) in [7, 11) is 0. The van der Waals surface area contributed by atoms with Gasteiger partial charge >= 0.3 is 6.18 Å². The van der Waals surface area contributed by atoms with E-state index < -0.39 is 11.7 Å². The molecule has 0 bridgehead atoms. The number of nitrogens with one attached hydrogen (secondary N) is 1. The Hall–Kier alpha value is -2.38. The molecule has 1 amide bonds. The van der Waals surface area contributed by atoms with Crippen LogP contribution in [0.2, 0.25) is 0 Å². The van der Waals surface area contributed by atoms with E-state index in [0.29, 0.717) is 18.7 Å². The fourth-order valence-electron chi connectivity index (χ4n) is 2.87. The number of hydrogen-bond acceptors (Lipinski definition) is 3. The second-order valence-corrected chi connectivity index (χ2v) is 6.40. The summed E-state index contributed by atoms with van der Waals surface area (Å²) in [4.78, 5) is 11.9. The van der Waals surface area contributed by atoms with Gasteiger partial charge in [-0.3, -0.25) is 4.79 Å². The van der Waals surface area contributed by atoms with Gasteiger partial charge in [0.25, 0.3) is 0 Å². The lowest BCUT2D eigenvalue weighted by atomic mass is 9.99. The van der Waals surface area contributed by atoms with Crippen LogP contribution in [0.15, 0.2) is 48.5 Å². The largest absolute Gasteiger partial charge is 0.416 e. The molecule has 0 saturated heterocycles. The van der Waals surface area contributed by atoms with Gasteiger partial charge in [0, 0.05) is 13.0 Å². The van der Waals surface area contributed by atoms with E-state index in [1.54, 1.807) is 0 Å². The number of carbonyl (C=O) groups excluding carboxylic acids is 1. The van der Waals surface area contributed by atoms with Gasteiger partial charge < -0.3 is 14.8 Å². The predicted molar refractivity (Wildman–Crippen MR) is 92.8 cm³/mol. The van der Waals surface area contributed by atoms with E-state index in [4.69, 9.17) is 9.47 Å². The standard InChI is InChI=1S/C20H20F3NO3/c21-20(22,23)17-7-5-14(6-8-17)11-26-13-19(25)24-10-18-9-15-3-1-2-4-16(15)12-27-18/h1-8,18H,9-13H2,(H,24,25)/t18-/m0/s1. The van der Waals surface area contributed by atoms with E-state index in [1.165, 1.54) is 23.3 Å². The van der Waals surface area contributed by atoms with Crippen LogP contribution >= 0.6 is 0 Å². The molecule has 3 rings (SSSR count). The Labute approximate surface area is 155 Å². The average molecular weight is 379 g/mol. The van der Waals surface area contributed by atoms with Crippen LogP contribution in [-0.4, -0.2) is 25.2 Å². The molecule has 0 aliphatic carbocycles. The maximum atomic E-state index is 12.5. The maximum Gasteiger partial charge on any atom is 0.416 e. The number of carbonyl (C=O) groups is 1. The van der Waals surface area contributed by atoms with Crippen molar-refractivity contribution in [3.63, 3.8) is 0 Å². The highest BCUT2D eigenvalue weighted by atomic mass is 19.4. The molecule has 27 heavy (non-hydrogen) atoms. The van der Waals surface area contributed by atoms with Crippen molar-refractivity contribution in [1.29, 1.82) is 0 Å². The summed E-state index contributed by atoms with van der Waals surface area (Å²) < 4.78 is 48.5. The lowest BCUT2D eigenvalue weighted by molar-refractivity contribution is -0.137. The van der Waals surface area contributed by atoms with Crippen LogP contribution in [0, 0.1) is 0 Å². The molecule has 1 heterocycles. The molecule has 0 fully saturated rings. The number of benzene rings is 2. The molecular formula is C20H20F3NO3. The maximum absolute atomic E-state index is 12.5. The summed E-state index contributed by atoms with van der Waals surface area (Å²) in [6.45, 7) is 0.821. The minimum Gasteiger partial charge on any atom is -0.371 e. The van der Waals surface area contributed by atoms with Gasteiger partial charge in [0.05, 0.1) is 24.9 Å². The van der Waals surface area contributed by atoms with Crippen molar-refractivity contribution in [2.24, 2.45) is 0 Å². The Bertz CT molecular complexity index is 775. The summed E-state index contributed by atoms with van der Waals surface area (Å²) >= 11 is 0. The molecule has 0 saturated carbocycles. The number of halogens is 3. The third-order valence-electron chi connectivity index (χ3n) is 4.35. The van der Waals surface area contributed by atoms with Gasteiger partial charge in [0.1, 0.15) is 6.61 Å². The van der Waals surface area contributed by atoms with E-state index in [0.717, 1.165) is 18.6 Å². The van der Waals surface area contributed by atoms with Crippen molar-refractivity contribution in [3.8, 4) is 0 Å². The quantitative estimate of drug-likeness (QED) is 0.836. The zero-order chi connectivity index (χ0) is 19.3. The number of fused-ring (bicyclic) bond motifs is 1. The molecule has 1 N–H and O–H groups in total. The lowest BCUT2D eigenvalue weighted by Gasteiger charge is -2.25. The summed E-state index contributed by atoms with van der Waals surface area (Å²) in [5.41, 5.74) is 2.25. The summed E-state index contributed by atoms with van der Waals surface area (Å²) in [5, 5.41) is 2.76. The highest BCUT2D eigenvalue weighted by molar-refractivity contribution is 5.77. The first kappa shape index (κ1) is 19.4. The van der Waals surface area contributed by atoms with Crippen molar-refractivity contribution in [2.45, 2.75) is 31.9 Å². The molecule has 0 aromatic heterocycles. The van der Waals surface area contributed by atoms with E-state index >= 15 is 0 Å². The number of amides is 1. The Morgan fingerprint density at radius 3 is 2.52 bits per heavy atom. The molecule has 0 unspecified atom stereocenters. The van der Waals surface area contributed by atoms with Gasteiger partial charge in [-0.2, -0.15) is 13.2 Å². The molecule has 144 valence electrons. The molecule has 1 atom stereocenters. The van der Waals surface area contributed by atoms with Crippen LogP contribution in [0.5, 0.6) is 0 Å². The van der Waals surface area contributed by atoms with Gasteiger partial charge in [-0.05, 0) is 28.8 Å². The van der Waals surface area contributed by atoms with Gasteiger partial charge in [-0.1, -0.05) is 36.4 Å². The minimum absolute atomic E-state index is 0.0683. The first-order valence-corrected chi connectivity index (χ1v) is 8.61. The first-order valence-electron chi connectivity index (χ1n) is 8.61. The molecule has 2 aromatic carbocycles. The summed E-state index contributed by atoms with van der Waals surface area (Å²) in [5.74, 6) is -0.288. The normalized spacial score (nSPS) is 16.6. The zero-order valence-corrected chi connectivity index (χ0v) is 14.6. The smallest absolute Gasteiger partial charge is 0.371 e. The van der Waals surface area contributed by atoms with Crippen LogP contribution in [0.1, 0.15) is 22.3 Å². The molecule has 0 radical (unpaired) electrons. The highest BCUT2D eigenvalue weighted by Gasteiger charge is 2.29. The Morgan fingerprint density at radius 2 is 1.81 bits per heavy atom. The van der Waals surface area contributed by atoms with E-state index in [2.05, 4.69) is 11.4 Å². The Kier molecular flexibility index (Phi) is 6.13. The fraction of sp³-hybridized carbons (Fsp3) is 0.350. The highest BCUT2D eigenvalue weighted by Crippen LogP contribution is 2.29. The van der Waals surface area contributed by atoms with Crippen LogP contribution in [0.3, 0.4) is 0 Å². The fourth-order valence-corrected chi connectivity index (χ4v) is 2.87. The van der Waals surface area contributed by atoms with Crippen molar-refractivity contribution in [3.05, 3.63) is 70.8 Å². The van der Waals surface area contributed by atoms with Crippen molar-refractivity contribution >= 4 is 5.91 Å². The van der Waals surface area contributed by atoms with Crippen molar-refractivity contribution < 1.29 is 27.4 Å². The second kappa shape index (κ2) is 8.54. The molecule has 4 nitrogen and oxygen atoms in total. The number of hydrogen-bond donors (Lipinski definition) is 1. The third kappa shape index (κ3) is 5.55. The molecule has 2 aromatic rings. The molecule has 1 aliphatic heterocycles. The van der Waals surface area contributed by atoms with Crippen LogP contribution < -0.4 is 5.32 Å². The lowest BCUT2D eigenvalue weighted by Crippen LogP contribution is -2.38. The third-order valence-corrected chi connectivity index (χ3v) is 4.35. The summed E-state index contributed by atoms with van der Waals surface area (Å²) in [6.07, 6.45) is -3.71. The first-order chi connectivity index (χ1) is 12.9. The molecule has 7 heteroatoms. The minimum atomic E-state index is -4.36. The SMILES string of the molecule is O=C(COCc1ccc(C(F)(F)F)cc1)NC[C@@H]1Cc2ccccc2CO1. The average Bonchev–Trinajstić information content (AvgIpc) is 2.66. The number of rotatable bonds is 6. The van der Waals surface area contributed by atoms with Gasteiger partial charge in [-0.25, -0.2) is 0 Å². The zero-order valence-electron chi connectivity index (χ0n) is 14.6. The summed E-state index contributed by atoms with van der Waals surface area (Å²) in [6, 6.07) is 12.7. The topological polar surface area (TPSA) is 47.6 Å². The van der Waals surface area contributed by atoms with E-state index in [9.17, 15) is 18.0 Å². The van der Waals surface area contributed by atoms with Crippen molar-refractivity contribution in [2.75, 3.05) is 13.2 Å². The van der Waals surface area contributed by atoms with Gasteiger partial charge in [0.2, 0.25) is 5.91 Å². The Morgan fingerprint density at radius 1 is 1.11 bits per heavy atom. The molecule has 0 spiro atoms. The van der Waals surface area contributed by atoms with Crippen LogP contribution in [0.4, 0.5) is 13.2 Å². The monoisotopic (exact) mass is 379 g/mol. The van der Waals surface area contributed by atoms with Gasteiger partial charge in [-0.15, -0.1) is 0 Å². The van der Waals surface area contributed by atoms with Crippen LogP contribution in [-0.2, 0) is 40.1 Å². The van der Waals surface area contributed by atoms with Gasteiger partial charge in [0.15, 0.2) is 0 Å². The Balaban J connectivity index is 1.37. The second-order valence-electron chi connectivity index (χ2n) is 6.40. The number of ether oxygens (including phenoxy) is 2. The van der Waals surface area contributed by atoms with Crippen molar-refractivity contribution in [1.82, 2.24) is 5.32 Å². The molecule has 1 aliphatic rings.